The molecule has 0 fully saturated rings. The van der Waals surface area contributed by atoms with Crippen molar-refractivity contribution in [2.75, 3.05) is 47.5 Å². The number of aliphatic carboxylic acids is 1. The van der Waals surface area contributed by atoms with Gasteiger partial charge in [-0.1, -0.05) is 306 Å². The van der Waals surface area contributed by atoms with E-state index in [1.54, 1.807) is 0 Å². The molecular weight excluding hydrogens is 1150 g/mol. The first-order valence-corrected chi connectivity index (χ1v) is 37.3. The lowest BCUT2D eigenvalue weighted by Gasteiger charge is -2.26. The van der Waals surface area contributed by atoms with Crippen molar-refractivity contribution in [3.63, 3.8) is 0 Å². The van der Waals surface area contributed by atoms with Crippen molar-refractivity contribution >= 4 is 17.9 Å². The quantitative estimate of drug-likeness (QED) is 0.0195. The summed E-state index contributed by atoms with van der Waals surface area (Å²) in [6, 6.07) is 0. The number of carbonyl (C=O) groups excluding carboxylic acids is 3. The van der Waals surface area contributed by atoms with Crippen LogP contribution >= 0.6 is 0 Å². The van der Waals surface area contributed by atoms with Crippen LogP contribution in [0.25, 0.3) is 0 Å². The van der Waals surface area contributed by atoms with Gasteiger partial charge in [0.15, 0.2) is 12.4 Å². The summed E-state index contributed by atoms with van der Waals surface area (Å²) in [7, 11) is 5.92. The summed E-state index contributed by atoms with van der Waals surface area (Å²) in [5, 5.41) is 11.8. The summed E-state index contributed by atoms with van der Waals surface area (Å²) in [5.41, 5.74) is 0. The fraction of sp³-hybridized carbons (Fsp3) is 0.631. The average molecular weight is 1290 g/mol. The van der Waals surface area contributed by atoms with E-state index >= 15 is 0 Å². The molecule has 2 atom stereocenters. The van der Waals surface area contributed by atoms with E-state index in [0.717, 1.165) is 128 Å². The minimum Gasteiger partial charge on any atom is -0.545 e. The van der Waals surface area contributed by atoms with Crippen LogP contribution in [-0.4, -0.2) is 82.3 Å². The molecule has 0 bridgehead atoms. The Labute approximate surface area is 571 Å². The van der Waals surface area contributed by atoms with Gasteiger partial charge in [0.2, 0.25) is 0 Å². The van der Waals surface area contributed by atoms with E-state index in [-0.39, 0.29) is 38.6 Å². The van der Waals surface area contributed by atoms with E-state index in [0.29, 0.717) is 17.4 Å². The van der Waals surface area contributed by atoms with Crippen LogP contribution in [0.4, 0.5) is 0 Å². The molecule has 0 saturated heterocycles. The van der Waals surface area contributed by atoms with E-state index in [1.807, 2.05) is 21.1 Å². The van der Waals surface area contributed by atoms with Gasteiger partial charge in [-0.15, -0.1) is 0 Å². The second kappa shape index (κ2) is 72.5. The van der Waals surface area contributed by atoms with Gasteiger partial charge in [-0.3, -0.25) is 9.59 Å². The lowest BCUT2D eigenvalue weighted by molar-refractivity contribution is -0.870. The van der Waals surface area contributed by atoms with Crippen LogP contribution in [0.1, 0.15) is 284 Å². The Balaban J connectivity index is 4.18. The Hall–Kier alpha value is -5.35. The summed E-state index contributed by atoms with van der Waals surface area (Å²) in [5.74, 6) is -2.31. The van der Waals surface area contributed by atoms with Crippen molar-refractivity contribution in [1.82, 2.24) is 0 Å². The molecule has 0 aliphatic carbocycles. The first kappa shape index (κ1) is 87.7. The maximum atomic E-state index is 13.0. The lowest BCUT2D eigenvalue weighted by Crippen LogP contribution is -2.44. The maximum absolute atomic E-state index is 13.0. The zero-order chi connectivity index (χ0) is 67.5. The van der Waals surface area contributed by atoms with Crippen LogP contribution in [-0.2, 0) is 33.3 Å². The zero-order valence-corrected chi connectivity index (χ0v) is 60.1. The van der Waals surface area contributed by atoms with Crippen molar-refractivity contribution < 1.29 is 42.9 Å². The molecule has 0 aromatic carbocycles. The molecule has 9 nitrogen and oxygen atoms in total. The Morgan fingerprint density at radius 2 is 0.613 bits per heavy atom. The Bertz CT molecular complexity index is 2140. The van der Waals surface area contributed by atoms with Gasteiger partial charge >= 0.3 is 11.9 Å². The number of unbranched alkanes of at least 4 members (excludes halogenated alkanes) is 24. The number of quaternary nitrogens is 1. The van der Waals surface area contributed by atoms with Crippen molar-refractivity contribution in [3.8, 4) is 0 Å². The van der Waals surface area contributed by atoms with Gasteiger partial charge in [0.05, 0.1) is 40.3 Å². The van der Waals surface area contributed by atoms with Crippen molar-refractivity contribution in [2.24, 2.45) is 0 Å². The van der Waals surface area contributed by atoms with E-state index in [4.69, 9.17) is 18.9 Å². The minimum absolute atomic E-state index is 0.137. The molecule has 0 spiro atoms. The molecule has 9 heteroatoms. The molecule has 2 unspecified atom stereocenters. The molecule has 0 heterocycles. The van der Waals surface area contributed by atoms with Crippen molar-refractivity contribution in [1.29, 1.82) is 0 Å². The smallest absolute Gasteiger partial charge is 0.306 e. The Kier molecular flexibility index (Phi) is 68.3. The molecule has 0 amide bonds. The third-order valence-electron chi connectivity index (χ3n) is 15.4. The highest BCUT2D eigenvalue weighted by Crippen LogP contribution is 2.16. The Morgan fingerprint density at radius 1 is 0.333 bits per heavy atom. The van der Waals surface area contributed by atoms with Gasteiger partial charge in [0, 0.05) is 12.8 Å². The highest BCUT2D eigenvalue weighted by molar-refractivity contribution is 5.70. The molecule has 526 valence electrons. The number of ether oxygens (including phenoxy) is 4. The van der Waals surface area contributed by atoms with Gasteiger partial charge in [-0.2, -0.15) is 0 Å². The van der Waals surface area contributed by atoms with Gasteiger partial charge in [-0.25, -0.2) is 0 Å². The third kappa shape index (κ3) is 73.9. The number of rotatable bonds is 67. The monoisotopic (exact) mass is 1290 g/mol. The lowest BCUT2D eigenvalue weighted by atomic mass is 10.0. The summed E-state index contributed by atoms with van der Waals surface area (Å²) < 4.78 is 22.8. The summed E-state index contributed by atoms with van der Waals surface area (Å²) >= 11 is 0. The molecule has 0 aromatic rings. The van der Waals surface area contributed by atoms with E-state index in [1.165, 1.54) is 122 Å². The molecule has 0 radical (unpaired) electrons. The molecule has 0 aromatic heterocycles. The maximum Gasteiger partial charge on any atom is 0.306 e. The number of hydrogen-bond acceptors (Lipinski definition) is 8. The predicted octanol–water partition coefficient (Wildman–Crippen LogP) is 22.5. The molecule has 0 aliphatic heterocycles. The minimum atomic E-state index is -1.64. The first-order valence-electron chi connectivity index (χ1n) is 37.3. The summed E-state index contributed by atoms with van der Waals surface area (Å²) in [4.78, 5) is 37.5. The molecule has 0 aliphatic rings. The molecule has 93 heavy (non-hydrogen) atoms. The third-order valence-corrected chi connectivity index (χ3v) is 15.4. The van der Waals surface area contributed by atoms with E-state index in [9.17, 15) is 19.5 Å². The Morgan fingerprint density at radius 3 is 0.914 bits per heavy atom. The number of carboxylic acid groups (broad SMARTS) is 1. The zero-order valence-electron chi connectivity index (χ0n) is 60.1. The van der Waals surface area contributed by atoms with Gasteiger partial charge in [-0.05, 0) is 135 Å². The van der Waals surface area contributed by atoms with Crippen LogP contribution in [0.5, 0.6) is 0 Å². The number of likely N-dealkylation sites (N-methyl/N-ethyl adjacent to an activating group) is 1. The SMILES string of the molecule is CC/C=C\C/C=C\C/C=C\C/C=C\C/C=C\C/C=C\C/C=C\C/C=C\C/C=C\C/C=C\C/C=C\CCCCCCCCCC(=O)OC(COC(=O)CCCCCCCCCCCCCC/C=C\C/C=C\C/C=C\CCCCCCC)COC(OCC[N+](C)(C)C)C(=O)[O-]. The molecule has 0 saturated carbocycles. The highest BCUT2D eigenvalue weighted by Gasteiger charge is 2.22. The van der Waals surface area contributed by atoms with Crippen LogP contribution < -0.4 is 5.11 Å². The number of hydrogen-bond donors (Lipinski definition) is 0. The fourth-order valence-corrected chi connectivity index (χ4v) is 9.78. The summed E-state index contributed by atoms with van der Waals surface area (Å²) in [6.45, 7) is 4.60. The second-order valence-electron chi connectivity index (χ2n) is 25.5. The highest BCUT2D eigenvalue weighted by atomic mass is 16.7. The standard InChI is InChI=1S/C84H137NO8/c1-6-8-10-12-14-16-18-20-22-24-26-28-30-32-34-35-36-37-38-39-40-41-42-43-44-45-46-47-49-51-53-55-57-59-61-63-65-67-69-71-73-75-82(87)93-80(79-92-84(83(88)89)90-77-76-85(3,4)5)78-91-81(86)74-72-70-68-66-64-62-60-58-56-54-52-50-48-33-31-29-27-25-23-21-19-17-15-13-11-9-7-2/h8,10,14,16,19-22,25-28,31-34,36-37,39-40,42-43,45-46,49,51,55,57,80,84H,6-7,9,11-13,15,17-18,23-24,29-30,35,38,41,44,47-48,50,52-54,56,58-79H2,1-5H3/b10-8-,16-14-,21-19-,22-20-,27-25-,28-26-,33-31-,34-32-,37-36-,40-39-,43-42-,46-45-,51-49-,57-55-. The topological polar surface area (TPSA) is 111 Å². The number of esters is 2. The van der Waals surface area contributed by atoms with Crippen LogP contribution in [0, 0.1) is 0 Å². The van der Waals surface area contributed by atoms with E-state index < -0.39 is 24.3 Å². The number of nitrogens with zero attached hydrogens (tertiary/aromatic N) is 1. The second-order valence-corrected chi connectivity index (χ2v) is 25.5. The number of carboxylic acids is 1. The van der Waals surface area contributed by atoms with Gasteiger partial charge in [0.25, 0.3) is 0 Å². The fourth-order valence-electron chi connectivity index (χ4n) is 9.78. The summed E-state index contributed by atoms with van der Waals surface area (Å²) in [6.07, 6.45) is 106. The van der Waals surface area contributed by atoms with Crippen molar-refractivity contribution in [3.05, 3.63) is 170 Å². The first-order chi connectivity index (χ1) is 45.6. The number of allylic oxidation sites excluding steroid dienone is 28. The van der Waals surface area contributed by atoms with Crippen LogP contribution in [0.15, 0.2) is 170 Å². The average Bonchev–Trinajstić information content (AvgIpc) is 3.38. The van der Waals surface area contributed by atoms with E-state index in [2.05, 4.69) is 184 Å². The largest absolute Gasteiger partial charge is 0.545 e. The van der Waals surface area contributed by atoms with Crippen LogP contribution in [0.2, 0.25) is 0 Å². The van der Waals surface area contributed by atoms with Crippen LogP contribution in [0.3, 0.4) is 0 Å². The number of carbonyl (C=O) groups is 3. The molecule has 0 N–H and O–H groups in total. The molecular formula is C84H137NO8. The van der Waals surface area contributed by atoms with Gasteiger partial charge in [0.1, 0.15) is 13.2 Å². The normalized spacial score (nSPS) is 13.7. The van der Waals surface area contributed by atoms with Crippen molar-refractivity contribution in [2.45, 2.75) is 296 Å². The van der Waals surface area contributed by atoms with Gasteiger partial charge < -0.3 is 33.3 Å². The predicted molar refractivity (Wildman–Crippen MR) is 398 cm³/mol. The molecule has 0 rings (SSSR count).